The second-order valence-electron chi connectivity index (χ2n) is 3.59. The van der Waals surface area contributed by atoms with Crippen molar-refractivity contribution < 1.29 is 17.9 Å². The van der Waals surface area contributed by atoms with Crippen LogP contribution in [0.1, 0.15) is 13.8 Å². The van der Waals surface area contributed by atoms with E-state index in [0.29, 0.717) is 13.2 Å². The number of ether oxygens (including phenoxy) is 1. The summed E-state index contributed by atoms with van der Waals surface area (Å²) in [4.78, 5) is 1.39. The molecule has 1 heterocycles. The standard InChI is InChI=1S/C8H14F3NO/c1-6(2)12(3-7-4-13-7)5-8(9,10)11/h6-7H,3-5H2,1-2H3. The van der Waals surface area contributed by atoms with Crippen LogP contribution in [0.15, 0.2) is 0 Å². The topological polar surface area (TPSA) is 15.8 Å². The summed E-state index contributed by atoms with van der Waals surface area (Å²) < 4.78 is 41.1. The van der Waals surface area contributed by atoms with Crippen molar-refractivity contribution in [2.45, 2.75) is 32.2 Å². The van der Waals surface area contributed by atoms with Crippen LogP contribution in [0.2, 0.25) is 0 Å². The maximum Gasteiger partial charge on any atom is 0.401 e. The fourth-order valence-corrected chi connectivity index (χ4v) is 1.12. The third-order valence-corrected chi connectivity index (χ3v) is 1.95. The SMILES string of the molecule is CC(C)N(CC1CO1)CC(F)(F)F. The lowest BCUT2D eigenvalue weighted by Gasteiger charge is -2.26. The predicted molar refractivity (Wildman–Crippen MR) is 42.5 cm³/mol. The van der Waals surface area contributed by atoms with Crippen LogP contribution in [0, 0.1) is 0 Å². The molecule has 0 bridgehead atoms. The average molecular weight is 197 g/mol. The zero-order valence-corrected chi connectivity index (χ0v) is 7.77. The van der Waals surface area contributed by atoms with Gasteiger partial charge in [-0.25, -0.2) is 0 Å². The van der Waals surface area contributed by atoms with Gasteiger partial charge < -0.3 is 4.74 Å². The normalized spacial score (nSPS) is 22.8. The molecule has 0 saturated carbocycles. The molecule has 0 aromatic heterocycles. The number of nitrogens with zero attached hydrogens (tertiary/aromatic N) is 1. The van der Waals surface area contributed by atoms with E-state index >= 15 is 0 Å². The van der Waals surface area contributed by atoms with Crippen molar-refractivity contribution in [3.63, 3.8) is 0 Å². The molecule has 0 aromatic rings. The van der Waals surface area contributed by atoms with Gasteiger partial charge in [-0.15, -0.1) is 0 Å². The molecule has 1 aliphatic rings. The minimum Gasteiger partial charge on any atom is -0.372 e. The van der Waals surface area contributed by atoms with Gasteiger partial charge in [0.2, 0.25) is 0 Å². The quantitative estimate of drug-likeness (QED) is 0.637. The summed E-state index contributed by atoms with van der Waals surface area (Å²) in [6.07, 6.45) is -4.09. The smallest absolute Gasteiger partial charge is 0.372 e. The van der Waals surface area contributed by atoms with Crippen molar-refractivity contribution >= 4 is 0 Å². The van der Waals surface area contributed by atoms with Gasteiger partial charge in [-0.3, -0.25) is 4.90 Å². The molecular weight excluding hydrogens is 183 g/mol. The van der Waals surface area contributed by atoms with E-state index in [1.165, 1.54) is 4.90 Å². The molecule has 13 heavy (non-hydrogen) atoms. The van der Waals surface area contributed by atoms with Gasteiger partial charge in [0, 0.05) is 12.6 Å². The first-order valence-electron chi connectivity index (χ1n) is 4.31. The highest BCUT2D eigenvalue weighted by molar-refractivity contribution is 4.77. The molecule has 0 amide bonds. The molecular formula is C8H14F3NO. The summed E-state index contributed by atoms with van der Waals surface area (Å²) in [6.45, 7) is 3.66. The third kappa shape index (κ3) is 4.47. The van der Waals surface area contributed by atoms with Crippen LogP contribution < -0.4 is 0 Å². The van der Waals surface area contributed by atoms with Gasteiger partial charge in [0.1, 0.15) is 0 Å². The van der Waals surface area contributed by atoms with Gasteiger partial charge in [0.05, 0.1) is 19.3 Å². The molecule has 0 aliphatic carbocycles. The monoisotopic (exact) mass is 197 g/mol. The highest BCUT2D eigenvalue weighted by Gasteiger charge is 2.35. The van der Waals surface area contributed by atoms with Crippen LogP contribution in [0.25, 0.3) is 0 Å². The van der Waals surface area contributed by atoms with Gasteiger partial charge >= 0.3 is 6.18 Å². The first kappa shape index (κ1) is 10.8. The van der Waals surface area contributed by atoms with Crippen LogP contribution in [-0.4, -0.2) is 42.9 Å². The van der Waals surface area contributed by atoms with Crippen LogP contribution in [0.4, 0.5) is 13.2 Å². The predicted octanol–water partition coefficient (Wildman–Crippen LogP) is 1.66. The molecule has 1 saturated heterocycles. The summed E-state index contributed by atoms with van der Waals surface area (Å²) in [5.41, 5.74) is 0. The Morgan fingerprint density at radius 3 is 2.31 bits per heavy atom. The lowest BCUT2D eigenvalue weighted by Crippen LogP contribution is -2.41. The molecule has 1 fully saturated rings. The average Bonchev–Trinajstić information content (AvgIpc) is 2.66. The number of halogens is 3. The van der Waals surface area contributed by atoms with Crippen LogP contribution in [-0.2, 0) is 4.74 Å². The molecule has 5 heteroatoms. The Hall–Kier alpha value is -0.290. The maximum absolute atomic E-state index is 12.1. The van der Waals surface area contributed by atoms with E-state index in [0.717, 1.165) is 0 Å². The van der Waals surface area contributed by atoms with Gasteiger partial charge in [0.25, 0.3) is 0 Å². The zero-order valence-electron chi connectivity index (χ0n) is 7.77. The van der Waals surface area contributed by atoms with Crippen molar-refractivity contribution in [1.82, 2.24) is 4.90 Å². The fraction of sp³-hybridized carbons (Fsp3) is 1.00. The van der Waals surface area contributed by atoms with Gasteiger partial charge in [-0.05, 0) is 13.8 Å². The van der Waals surface area contributed by atoms with E-state index in [1.54, 1.807) is 13.8 Å². The molecule has 1 unspecified atom stereocenters. The second-order valence-corrected chi connectivity index (χ2v) is 3.59. The molecule has 0 radical (unpaired) electrons. The minimum absolute atomic E-state index is 0.0183. The molecule has 1 aliphatic heterocycles. The summed E-state index contributed by atoms with van der Waals surface area (Å²) >= 11 is 0. The Morgan fingerprint density at radius 1 is 1.46 bits per heavy atom. The van der Waals surface area contributed by atoms with Crippen LogP contribution in [0.3, 0.4) is 0 Å². The van der Waals surface area contributed by atoms with Crippen molar-refractivity contribution in [2.75, 3.05) is 19.7 Å². The molecule has 0 spiro atoms. The van der Waals surface area contributed by atoms with Gasteiger partial charge in [-0.1, -0.05) is 0 Å². The number of hydrogen-bond donors (Lipinski definition) is 0. The Bertz CT molecular complexity index is 165. The number of rotatable bonds is 4. The Kier molecular flexibility index (Phi) is 3.18. The molecule has 78 valence electrons. The second kappa shape index (κ2) is 3.84. The maximum atomic E-state index is 12.1. The summed E-state index contributed by atoms with van der Waals surface area (Å²) in [5.74, 6) is 0. The Morgan fingerprint density at radius 2 is 2.00 bits per heavy atom. The van der Waals surface area contributed by atoms with E-state index in [4.69, 9.17) is 4.74 Å². The molecule has 1 atom stereocenters. The number of alkyl halides is 3. The number of epoxide rings is 1. The zero-order chi connectivity index (χ0) is 10.1. The van der Waals surface area contributed by atoms with E-state index in [9.17, 15) is 13.2 Å². The lowest BCUT2D eigenvalue weighted by atomic mass is 10.3. The fourth-order valence-electron chi connectivity index (χ4n) is 1.12. The van der Waals surface area contributed by atoms with Crippen molar-refractivity contribution in [3.8, 4) is 0 Å². The summed E-state index contributed by atoms with van der Waals surface area (Å²) in [5, 5.41) is 0. The number of hydrogen-bond acceptors (Lipinski definition) is 2. The highest BCUT2D eigenvalue weighted by atomic mass is 19.4. The molecule has 1 rings (SSSR count). The van der Waals surface area contributed by atoms with Crippen LogP contribution in [0.5, 0.6) is 0 Å². The van der Waals surface area contributed by atoms with E-state index in [-0.39, 0.29) is 12.1 Å². The highest BCUT2D eigenvalue weighted by Crippen LogP contribution is 2.20. The third-order valence-electron chi connectivity index (χ3n) is 1.95. The first-order chi connectivity index (χ1) is 5.88. The van der Waals surface area contributed by atoms with Crippen LogP contribution >= 0.6 is 0 Å². The van der Waals surface area contributed by atoms with Crippen molar-refractivity contribution in [2.24, 2.45) is 0 Å². The van der Waals surface area contributed by atoms with E-state index in [2.05, 4.69) is 0 Å². The van der Waals surface area contributed by atoms with Crippen molar-refractivity contribution in [1.29, 1.82) is 0 Å². The molecule has 0 aromatic carbocycles. The minimum atomic E-state index is -4.11. The Balaban J connectivity index is 2.36. The summed E-state index contributed by atoms with van der Waals surface area (Å²) in [6, 6.07) is -0.0918. The lowest BCUT2D eigenvalue weighted by molar-refractivity contribution is -0.149. The van der Waals surface area contributed by atoms with Gasteiger partial charge in [0.15, 0.2) is 0 Å². The van der Waals surface area contributed by atoms with Gasteiger partial charge in [-0.2, -0.15) is 13.2 Å². The van der Waals surface area contributed by atoms with E-state index in [1.807, 2.05) is 0 Å². The molecule has 0 N–H and O–H groups in total. The van der Waals surface area contributed by atoms with Crippen molar-refractivity contribution in [3.05, 3.63) is 0 Å². The summed E-state index contributed by atoms with van der Waals surface area (Å²) in [7, 11) is 0. The molecule has 2 nitrogen and oxygen atoms in total. The van der Waals surface area contributed by atoms with E-state index < -0.39 is 12.7 Å². The first-order valence-corrected chi connectivity index (χ1v) is 4.31. The largest absolute Gasteiger partial charge is 0.401 e. The Labute approximate surface area is 75.7 Å².